The van der Waals surface area contributed by atoms with Crippen molar-refractivity contribution >= 4 is 16.9 Å². The van der Waals surface area contributed by atoms with E-state index in [-0.39, 0.29) is 11.0 Å². The van der Waals surface area contributed by atoms with Gasteiger partial charge in [0.2, 0.25) is 0 Å². The van der Waals surface area contributed by atoms with Crippen molar-refractivity contribution in [2.45, 2.75) is 45.7 Å². The van der Waals surface area contributed by atoms with Crippen molar-refractivity contribution in [1.29, 1.82) is 0 Å². The molecule has 1 aliphatic heterocycles. The standard InChI is InChI=1S/C18H22N2O3/c1-11-6-3-4-9-20(11)10-15-12(2)19-16-13(17(15)21)7-5-8-14(16)18(22)23/h5,7-8,11H,3-4,6,9-10H2,1-2H3,(H,19,21)(H,22,23)/t11-/m0/s1. The first-order chi connectivity index (χ1) is 11.0. The highest BCUT2D eigenvalue weighted by molar-refractivity contribution is 6.00. The maximum atomic E-state index is 12.9. The van der Waals surface area contributed by atoms with Crippen LogP contribution in [0.4, 0.5) is 0 Å². The van der Waals surface area contributed by atoms with Crippen molar-refractivity contribution in [2.24, 2.45) is 0 Å². The Labute approximate surface area is 134 Å². The normalized spacial score (nSPS) is 21.5. The average molecular weight is 314 g/mol. The zero-order chi connectivity index (χ0) is 16.6. The number of rotatable bonds is 3. The van der Waals surface area contributed by atoms with E-state index in [0.29, 0.717) is 23.5 Å². The van der Waals surface area contributed by atoms with Gasteiger partial charge in [-0.2, -0.15) is 0 Å². The number of nitrogens with one attached hydrogen (secondary N) is 2. The molecule has 0 spiro atoms. The Morgan fingerprint density at radius 2 is 2.17 bits per heavy atom. The molecule has 0 bridgehead atoms. The zero-order valence-electron chi connectivity index (χ0n) is 13.6. The number of pyridine rings is 1. The van der Waals surface area contributed by atoms with Crippen LogP contribution < -0.4 is 15.4 Å². The molecule has 1 fully saturated rings. The van der Waals surface area contributed by atoms with E-state index >= 15 is 0 Å². The van der Waals surface area contributed by atoms with Crippen molar-refractivity contribution in [2.75, 3.05) is 6.54 Å². The number of aryl methyl sites for hydroxylation is 1. The number of aromatic amines is 1. The highest BCUT2D eigenvalue weighted by Crippen LogP contribution is 2.15. The number of benzene rings is 1. The van der Waals surface area contributed by atoms with Gasteiger partial charge in [0.1, 0.15) is 6.54 Å². The Morgan fingerprint density at radius 1 is 1.39 bits per heavy atom. The number of para-hydroxylation sites is 1. The smallest absolute Gasteiger partial charge is 0.198 e. The molecular weight excluding hydrogens is 292 g/mol. The number of aromatic nitrogens is 1. The second-order valence-corrected chi connectivity index (χ2v) is 6.56. The lowest BCUT2D eigenvalue weighted by Crippen LogP contribution is -3.15. The molecule has 2 N–H and O–H groups in total. The topological polar surface area (TPSA) is 77.4 Å². The molecule has 0 radical (unpaired) electrons. The summed E-state index contributed by atoms with van der Waals surface area (Å²) in [6.45, 7) is 5.84. The molecular formula is C18H22N2O3. The molecule has 2 atom stereocenters. The first-order valence-corrected chi connectivity index (χ1v) is 8.19. The van der Waals surface area contributed by atoms with Crippen LogP contribution in [0.2, 0.25) is 0 Å². The van der Waals surface area contributed by atoms with E-state index in [9.17, 15) is 14.7 Å². The second-order valence-electron chi connectivity index (χ2n) is 6.56. The molecule has 5 heteroatoms. The number of hydrogen-bond acceptors (Lipinski definition) is 3. The van der Waals surface area contributed by atoms with E-state index in [4.69, 9.17) is 0 Å². The fourth-order valence-corrected chi connectivity index (χ4v) is 3.60. The van der Waals surface area contributed by atoms with Gasteiger partial charge in [0.05, 0.1) is 29.6 Å². The molecule has 5 nitrogen and oxygen atoms in total. The molecule has 1 saturated heterocycles. The Balaban J connectivity index is 2.08. The Hall–Kier alpha value is -2.14. The van der Waals surface area contributed by atoms with Gasteiger partial charge in [-0.05, 0) is 39.2 Å². The minimum atomic E-state index is -1.27. The van der Waals surface area contributed by atoms with Crippen LogP contribution in [0.25, 0.3) is 10.9 Å². The van der Waals surface area contributed by atoms with Gasteiger partial charge in [-0.25, -0.2) is 0 Å². The first kappa shape index (κ1) is 15.7. The molecule has 0 aliphatic carbocycles. The lowest BCUT2D eigenvalue weighted by atomic mass is 10.0. The summed E-state index contributed by atoms with van der Waals surface area (Å²) in [7, 11) is 0. The number of H-pyrrole nitrogens is 1. The average Bonchev–Trinajstić information content (AvgIpc) is 2.52. The number of quaternary nitrogens is 1. The Bertz CT molecular complexity index is 810. The summed E-state index contributed by atoms with van der Waals surface area (Å²) in [5.41, 5.74) is 1.84. The van der Waals surface area contributed by atoms with Gasteiger partial charge in [0.25, 0.3) is 0 Å². The number of fused-ring (bicyclic) bond motifs is 1. The second kappa shape index (κ2) is 6.16. The largest absolute Gasteiger partial charge is 0.545 e. The molecule has 2 heterocycles. The molecule has 2 aromatic rings. The summed E-state index contributed by atoms with van der Waals surface area (Å²) in [5, 5.41) is 11.7. The van der Waals surface area contributed by atoms with E-state index in [0.717, 1.165) is 17.8 Å². The monoisotopic (exact) mass is 314 g/mol. The number of hydrogen-bond donors (Lipinski definition) is 2. The van der Waals surface area contributed by atoms with Gasteiger partial charge >= 0.3 is 0 Å². The first-order valence-electron chi connectivity index (χ1n) is 8.19. The van der Waals surface area contributed by atoms with Crippen LogP contribution in [-0.2, 0) is 6.54 Å². The number of carboxylic acids is 1. The van der Waals surface area contributed by atoms with Gasteiger partial charge in [0.15, 0.2) is 5.43 Å². The number of aromatic carboxylic acids is 1. The Kier molecular flexibility index (Phi) is 4.22. The molecule has 0 amide bonds. The van der Waals surface area contributed by atoms with Crippen LogP contribution in [0, 0.1) is 6.92 Å². The van der Waals surface area contributed by atoms with Crippen LogP contribution in [0.1, 0.15) is 47.8 Å². The van der Waals surface area contributed by atoms with Crippen molar-refractivity contribution in [1.82, 2.24) is 4.98 Å². The van der Waals surface area contributed by atoms with Crippen LogP contribution >= 0.6 is 0 Å². The van der Waals surface area contributed by atoms with Crippen LogP contribution in [-0.4, -0.2) is 23.5 Å². The van der Waals surface area contributed by atoms with Crippen molar-refractivity contribution < 1.29 is 14.8 Å². The highest BCUT2D eigenvalue weighted by atomic mass is 16.4. The van der Waals surface area contributed by atoms with Gasteiger partial charge in [-0.15, -0.1) is 0 Å². The van der Waals surface area contributed by atoms with Gasteiger partial charge in [-0.3, -0.25) is 4.79 Å². The number of likely N-dealkylation sites (tertiary alicyclic amines) is 1. The zero-order valence-corrected chi connectivity index (χ0v) is 13.6. The van der Waals surface area contributed by atoms with Crippen molar-refractivity contribution in [3.8, 4) is 0 Å². The van der Waals surface area contributed by atoms with Crippen molar-refractivity contribution in [3.05, 3.63) is 45.2 Å². The van der Waals surface area contributed by atoms with Crippen LogP contribution in [0.5, 0.6) is 0 Å². The lowest BCUT2D eigenvalue weighted by molar-refractivity contribution is -0.942. The predicted octanol–water partition coefficient (Wildman–Crippen LogP) is 0.157. The van der Waals surface area contributed by atoms with E-state index < -0.39 is 5.97 Å². The van der Waals surface area contributed by atoms with E-state index in [1.807, 2.05) is 6.92 Å². The predicted molar refractivity (Wildman–Crippen MR) is 86.5 cm³/mol. The number of carbonyl (C=O) groups excluding carboxylic acids is 1. The van der Waals surface area contributed by atoms with Crippen LogP contribution in [0.3, 0.4) is 0 Å². The molecule has 1 aromatic carbocycles. The molecule has 122 valence electrons. The fourth-order valence-electron chi connectivity index (χ4n) is 3.60. The third-order valence-corrected chi connectivity index (χ3v) is 5.05. The molecule has 1 aromatic heterocycles. The molecule has 1 unspecified atom stereocenters. The number of carbonyl (C=O) groups is 1. The van der Waals surface area contributed by atoms with E-state index in [1.165, 1.54) is 30.2 Å². The number of piperidine rings is 1. The summed E-state index contributed by atoms with van der Waals surface area (Å²) >= 11 is 0. The number of carboxylic acid groups (broad SMARTS) is 1. The van der Waals surface area contributed by atoms with E-state index in [1.54, 1.807) is 12.1 Å². The Morgan fingerprint density at radius 3 is 2.87 bits per heavy atom. The van der Waals surface area contributed by atoms with Crippen molar-refractivity contribution in [3.63, 3.8) is 0 Å². The van der Waals surface area contributed by atoms with Crippen LogP contribution in [0.15, 0.2) is 23.0 Å². The summed E-state index contributed by atoms with van der Waals surface area (Å²) in [5.74, 6) is -1.27. The minimum Gasteiger partial charge on any atom is -0.545 e. The maximum Gasteiger partial charge on any atom is 0.198 e. The maximum absolute atomic E-state index is 12.9. The summed E-state index contributed by atoms with van der Waals surface area (Å²) in [6.07, 6.45) is 3.64. The molecule has 0 saturated carbocycles. The van der Waals surface area contributed by atoms with Gasteiger partial charge < -0.3 is 19.8 Å². The molecule has 3 rings (SSSR count). The summed E-state index contributed by atoms with van der Waals surface area (Å²) < 4.78 is 0. The fraction of sp³-hybridized carbons (Fsp3) is 0.444. The third kappa shape index (κ3) is 2.88. The minimum absolute atomic E-state index is 0.0351. The quantitative estimate of drug-likeness (QED) is 0.847. The summed E-state index contributed by atoms with van der Waals surface area (Å²) in [4.78, 5) is 28.7. The van der Waals surface area contributed by atoms with Gasteiger partial charge in [-0.1, -0.05) is 12.1 Å². The lowest BCUT2D eigenvalue weighted by Gasteiger charge is -2.30. The van der Waals surface area contributed by atoms with E-state index in [2.05, 4.69) is 11.9 Å². The van der Waals surface area contributed by atoms with Gasteiger partial charge in [0, 0.05) is 16.6 Å². The summed E-state index contributed by atoms with van der Waals surface area (Å²) in [6, 6.07) is 5.29. The molecule has 1 aliphatic rings. The highest BCUT2D eigenvalue weighted by Gasteiger charge is 2.24. The third-order valence-electron chi connectivity index (χ3n) is 5.05. The SMILES string of the molecule is Cc1[nH]c2c(C(=O)[O-])cccc2c(=O)c1C[NH+]1CCCC[C@@H]1C. The molecule has 23 heavy (non-hydrogen) atoms.